The molecule has 1 aliphatic rings. The summed E-state index contributed by atoms with van der Waals surface area (Å²) in [6, 6.07) is 9.33. The molecule has 0 radical (unpaired) electrons. The SMILES string of the molecule is O=C(CSc1nnc(Cc2cccs2)n1C1CCCCC1)Nc1ccccc1C(F)(F)F. The number of nitrogens with zero attached hydrogens (tertiary/aromatic N) is 3. The Labute approximate surface area is 192 Å². The fourth-order valence-corrected chi connectivity index (χ4v) is 5.48. The summed E-state index contributed by atoms with van der Waals surface area (Å²) in [6.45, 7) is 0. The van der Waals surface area contributed by atoms with E-state index in [9.17, 15) is 18.0 Å². The van der Waals surface area contributed by atoms with Crippen LogP contribution < -0.4 is 5.32 Å². The van der Waals surface area contributed by atoms with Crippen LogP contribution in [-0.4, -0.2) is 26.4 Å². The predicted octanol–water partition coefficient (Wildman–Crippen LogP) is 6.19. The van der Waals surface area contributed by atoms with Gasteiger partial charge < -0.3 is 9.88 Å². The molecule has 4 rings (SSSR count). The van der Waals surface area contributed by atoms with Crippen molar-refractivity contribution < 1.29 is 18.0 Å². The first kappa shape index (κ1) is 22.8. The minimum absolute atomic E-state index is 0.0456. The summed E-state index contributed by atoms with van der Waals surface area (Å²) < 4.78 is 41.7. The lowest BCUT2D eigenvalue weighted by Gasteiger charge is -2.25. The Morgan fingerprint density at radius 3 is 2.62 bits per heavy atom. The van der Waals surface area contributed by atoms with Crippen LogP contribution >= 0.6 is 23.1 Å². The lowest BCUT2D eigenvalue weighted by Crippen LogP contribution is -2.19. The molecule has 5 nitrogen and oxygen atoms in total. The molecule has 0 unspecified atom stereocenters. The highest BCUT2D eigenvalue weighted by atomic mass is 32.2. The van der Waals surface area contributed by atoms with Crippen molar-refractivity contribution in [2.45, 2.75) is 55.9 Å². The molecular weight excluding hydrogens is 457 g/mol. The Balaban J connectivity index is 1.48. The van der Waals surface area contributed by atoms with Crippen molar-refractivity contribution in [3.63, 3.8) is 0 Å². The first-order chi connectivity index (χ1) is 15.4. The van der Waals surface area contributed by atoms with E-state index in [0.717, 1.165) is 37.6 Å². The van der Waals surface area contributed by atoms with Crippen LogP contribution in [0.1, 0.15) is 54.4 Å². The maximum absolute atomic E-state index is 13.2. The molecule has 0 bridgehead atoms. The molecule has 1 saturated carbocycles. The first-order valence-corrected chi connectivity index (χ1v) is 12.3. The zero-order valence-electron chi connectivity index (χ0n) is 17.3. The molecule has 2 heterocycles. The van der Waals surface area contributed by atoms with Crippen LogP contribution in [0.25, 0.3) is 0 Å². The number of aromatic nitrogens is 3. The van der Waals surface area contributed by atoms with Crippen molar-refractivity contribution >= 4 is 34.7 Å². The van der Waals surface area contributed by atoms with Crippen LogP contribution in [0.2, 0.25) is 0 Å². The Kier molecular flexibility index (Phi) is 7.20. The highest BCUT2D eigenvalue weighted by molar-refractivity contribution is 7.99. The fourth-order valence-electron chi connectivity index (χ4n) is 3.96. The lowest BCUT2D eigenvalue weighted by atomic mass is 9.95. The molecule has 1 amide bonds. The van der Waals surface area contributed by atoms with Crippen molar-refractivity contribution in [2.75, 3.05) is 11.1 Å². The molecule has 0 aliphatic heterocycles. The van der Waals surface area contributed by atoms with E-state index in [0.29, 0.717) is 11.6 Å². The van der Waals surface area contributed by atoms with E-state index in [4.69, 9.17) is 0 Å². The number of thiophene rings is 1. The number of benzene rings is 1. The summed E-state index contributed by atoms with van der Waals surface area (Å²) in [4.78, 5) is 13.6. The van der Waals surface area contributed by atoms with Gasteiger partial charge in [-0.3, -0.25) is 4.79 Å². The molecule has 0 atom stereocenters. The average molecular weight is 481 g/mol. The van der Waals surface area contributed by atoms with Gasteiger partial charge in [0, 0.05) is 17.3 Å². The standard InChI is InChI=1S/C22H23F3N4OS2/c23-22(24,25)17-10-4-5-11-18(17)26-20(30)14-32-21-28-27-19(13-16-9-6-12-31-16)29(21)15-7-2-1-3-8-15/h4-6,9-12,15H,1-3,7-8,13-14H2,(H,26,30). The molecule has 1 fully saturated rings. The molecule has 1 aliphatic carbocycles. The Hall–Kier alpha value is -2.33. The van der Waals surface area contributed by atoms with Gasteiger partial charge in [0.05, 0.1) is 17.0 Å². The monoisotopic (exact) mass is 480 g/mol. The van der Waals surface area contributed by atoms with Gasteiger partial charge in [-0.1, -0.05) is 49.2 Å². The minimum atomic E-state index is -4.53. The maximum Gasteiger partial charge on any atom is 0.418 e. The molecule has 10 heteroatoms. The second-order valence-electron chi connectivity index (χ2n) is 7.70. The number of thioether (sulfide) groups is 1. The van der Waals surface area contributed by atoms with Crippen molar-refractivity contribution in [1.82, 2.24) is 14.8 Å². The molecule has 32 heavy (non-hydrogen) atoms. The summed E-state index contributed by atoms with van der Waals surface area (Å²) in [5.41, 5.74) is -1.10. The Morgan fingerprint density at radius 2 is 1.91 bits per heavy atom. The molecular formula is C22H23F3N4OS2. The van der Waals surface area contributed by atoms with Gasteiger partial charge in [-0.25, -0.2) is 0 Å². The van der Waals surface area contributed by atoms with Gasteiger partial charge in [0.15, 0.2) is 5.16 Å². The number of nitrogens with one attached hydrogen (secondary N) is 1. The van der Waals surface area contributed by atoms with Gasteiger partial charge in [0.25, 0.3) is 0 Å². The third-order valence-electron chi connectivity index (χ3n) is 5.43. The van der Waals surface area contributed by atoms with Crippen molar-refractivity contribution in [3.05, 3.63) is 58.0 Å². The number of halogens is 3. The summed E-state index contributed by atoms with van der Waals surface area (Å²) in [5.74, 6) is 0.310. The summed E-state index contributed by atoms with van der Waals surface area (Å²) in [5, 5.41) is 13.8. The van der Waals surface area contributed by atoms with Crippen LogP contribution in [-0.2, 0) is 17.4 Å². The number of alkyl halides is 3. The minimum Gasteiger partial charge on any atom is -0.325 e. The third-order valence-corrected chi connectivity index (χ3v) is 7.25. The fraction of sp³-hybridized carbons (Fsp3) is 0.409. The molecule has 1 N–H and O–H groups in total. The van der Waals surface area contributed by atoms with Crippen LogP contribution in [0.3, 0.4) is 0 Å². The summed E-state index contributed by atoms with van der Waals surface area (Å²) in [6.07, 6.45) is 1.70. The van der Waals surface area contributed by atoms with Crippen LogP contribution in [0.15, 0.2) is 46.9 Å². The van der Waals surface area contributed by atoms with E-state index in [1.54, 1.807) is 11.3 Å². The number of hydrogen-bond donors (Lipinski definition) is 1. The molecule has 3 aromatic rings. The number of carbonyl (C=O) groups is 1. The van der Waals surface area contributed by atoms with E-state index in [1.807, 2.05) is 11.4 Å². The Morgan fingerprint density at radius 1 is 1.12 bits per heavy atom. The number of hydrogen-bond acceptors (Lipinski definition) is 5. The number of amides is 1. The van der Waals surface area contributed by atoms with Gasteiger partial charge in [-0.15, -0.1) is 21.5 Å². The van der Waals surface area contributed by atoms with E-state index in [2.05, 4.69) is 26.1 Å². The van der Waals surface area contributed by atoms with Crippen molar-refractivity contribution in [1.29, 1.82) is 0 Å². The van der Waals surface area contributed by atoms with Crippen molar-refractivity contribution in [3.8, 4) is 0 Å². The van der Waals surface area contributed by atoms with Gasteiger partial charge >= 0.3 is 6.18 Å². The molecule has 170 valence electrons. The highest BCUT2D eigenvalue weighted by Crippen LogP contribution is 2.35. The number of rotatable bonds is 7. The number of carbonyl (C=O) groups excluding carboxylic acids is 1. The summed E-state index contributed by atoms with van der Waals surface area (Å²) >= 11 is 2.88. The van der Waals surface area contributed by atoms with Gasteiger partial charge in [0.1, 0.15) is 5.82 Å². The second kappa shape index (κ2) is 10.1. The van der Waals surface area contributed by atoms with E-state index < -0.39 is 17.6 Å². The highest BCUT2D eigenvalue weighted by Gasteiger charge is 2.33. The summed E-state index contributed by atoms with van der Waals surface area (Å²) in [7, 11) is 0. The molecule has 0 spiro atoms. The number of anilines is 1. The second-order valence-corrected chi connectivity index (χ2v) is 9.67. The lowest BCUT2D eigenvalue weighted by molar-refractivity contribution is -0.137. The van der Waals surface area contributed by atoms with Gasteiger partial charge in [-0.05, 0) is 36.4 Å². The number of para-hydroxylation sites is 1. The van der Waals surface area contributed by atoms with E-state index in [-0.39, 0.29) is 17.5 Å². The van der Waals surface area contributed by atoms with Crippen LogP contribution in [0.5, 0.6) is 0 Å². The molecule has 2 aromatic heterocycles. The van der Waals surface area contributed by atoms with Gasteiger partial charge in [0.2, 0.25) is 5.91 Å². The van der Waals surface area contributed by atoms with E-state index in [1.165, 1.54) is 41.3 Å². The quantitative estimate of drug-likeness (QED) is 0.410. The normalized spacial score (nSPS) is 15.1. The first-order valence-electron chi connectivity index (χ1n) is 10.5. The van der Waals surface area contributed by atoms with Crippen LogP contribution in [0, 0.1) is 0 Å². The van der Waals surface area contributed by atoms with Crippen LogP contribution in [0.4, 0.5) is 18.9 Å². The topological polar surface area (TPSA) is 59.8 Å². The average Bonchev–Trinajstić information content (AvgIpc) is 3.43. The zero-order valence-corrected chi connectivity index (χ0v) is 18.9. The van der Waals surface area contributed by atoms with E-state index >= 15 is 0 Å². The smallest absolute Gasteiger partial charge is 0.325 e. The predicted molar refractivity (Wildman–Crippen MR) is 120 cm³/mol. The maximum atomic E-state index is 13.2. The molecule has 1 aromatic carbocycles. The van der Waals surface area contributed by atoms with Crippen molar-refractivity contribution in [2.24, 2.45) is 0 Å². The van der Waals surface area contributed by atoms with Gasteiger partial charge in [-0.2, -0.15) is 13.2 Å². The Bertz CT molecular complexity index is 1040. The zero-order chi connectivity index (χ0) is 22.6. The largest absolute Gasteiger partial charge is 0.418 e. The molecule has 0 saturated heterocycles. The third kappa shape index (κ3) is 5.53.